The van der Waals surface area contributed by atoms with Crippen molar-refractivity contribution in [1.29, 1.82) is 0 Å². The molecule has 2 rings (SSSR count). The largest absolute Gasteiger partial charge is 0.480 e. The average Bonchev–Trinajstić information content (AvgIpc) is 2.55. The Labute approximate surface area is 134 Å². The van der Waals surface area contributed by atoms with Gasteiger partial charge in [0.25, 0.3) is 0 Å². The second-order valence-corrected chi connectivity index (χ2v) is 4.97. The molecule has 0 radical (unpaired) electrons. The third kappa shape index (κ3) is 5.35. The zero-order valence-corrected chi connectivity index (χ0v) is 12.7. The summed E-state index contributed by atoms with van der Waals surface area (Å²) in [5.41, 5.74) is 2.13. The fourth-order valence-corrected chi connectivity index (χ4v) is 1.84. The number of nitrogens with one attached hydrogen (secondary N) is 2. The average molecular weight is 314 g/mol. The second-order valence-electron chi connectivity index (χ2n) is 4.97. The Morgan fingerprint density at radius 3 is 2.26 bits per heavy atom. The molecule has 0 unspecified atom stereocenters. The van der Waals surface area contributed by atoms with Crippen LogP contribution in [0.5, 0.6) is 0 Å². The van der Waals surface area contributed by atoms with E-state index in [0.717, 1.165) is 5.56 Å². The van der Waals surface area contributed by atoms with E-state index in [0.29, 0.717) is 11.4 Å². The molecule has 120 valence electrons. The number of hydrogen-bond acceptors (Lipinski definition) is 4. The van der Waals surface area contributed by atoms with E-state index in [1.54, 1.807) is 31.2 Å². The molecular weight excluding hydrogens is 296 g/mol. The second kappa shape index (κ2) is 7.84. The van der Waals surface area contributed by atoms with E-state index in [-0.39, 0.29) is 6.61 Å². The van der Waals surface area contributed by atoms with Gasteiger partial charge in [-0.15, -0.1) is 0 Å². The number of hydrogen-bond donors (Lipinski definition) is 3. The van der Waals surface area contributed by atoms with Gasteiger partial charge in [0.05, 0.1) is 0 Å². The van der Waals surface area contributed by atoms with E-state index in [1.165, 1.54) is 0 Å². The van der Waals surface area contributed by atoms with Gasteiger partial charge < -0.3 is 15.2 Å². The molecule has 6 nitrogen and oxygen atoms in total. The molecule has 0 bridgehead atoms. The van der Waals surface area contributed by atoms with Crippen LogP contribution >= 0.6 is 0 Å². The minimum Gasteiger partial charge on any atom is -0.480 e. The zero-order valence-electron chi connectivity index (χ0n) is 12.7. The summed E-state index contributed by atoms with van der Waals surface area (Å²) in [7, 11) is 0. The summed E-state index contributed by atoms with van der Waals surface area (Å²) < 4.78 is 5.11. The lowest BCUT2D eigenvalue weighted by Gasteiger charge is -2.11. The highest BCUT2D eigenvalue weighted by Gasteiger charge is 2.10. The predicted octanol–water partition coefficient (Wildman–Crippen LogP) is 3.32. The van der Waals surface area contributed by atoms with Gasteiger partial charge in [-0.3, -0.25) is 10.1 Å². The Hall–Kier alpha value is -3.02. The normalized spacial score (nSPS) is 11.3. The molecular formula is C17H18N2O4. The minimum absolute atomic E-state index is 0.197. The van der Waals surface area contributed by atoms with Crippen LogP contribution in [0.1, 0.15) is 12.5 Å². The molecule has 0 spiro atoms. The van der Waals surface area contributed by atoms with Gasteiger partial charge in [-0.2, -0.15) is 0 Å². The van der Waals surface area contributed by atoms with Gasteiger partial charge in [-0.05, 0) is 36.8 Å². The number of carbonyl (C=O) groups is 2. The summed E-state index contributed by atoms with van der Waals surface area (Å²) in [5.74, 6) is -0.934. The molecule has 0 heterocycles. The van der Waals surface area contributed by atoms with Crippen LogP contribution in [-0.2, 0) is 16.1 Å². The third-order valence-electron chi connectivity index (χ3n) is 3.10. The lowest BCUT2D eigenvalue weighted by atomic mass is 10.2. The third-order valence-corrected chi connectivity index (χ3v) is 3.10. The van der Waals surface area contributed by atoms with Gasteiger partial charge in [-0.25, -0.2) is 4.79 Å². The first-order chi connectivity index (χ1) is 11.0. The van der Waals surface area contributed by atoms with Gasteiger partial charge in [0.2, 0.25) is 0 Å². The molecule has 1 atom stereocenters. The van der Waals surface area contributed by atoms with Crippen LogP contribution < -0.4 is 10.6 Å². The number of carboxylic acids is 1. The molecule has 0 aliphatic carbocycles. The van der Waals surface area contributed by atoms with E-state index >= 15 is 0 Å². The van der Waals surface area contributed by atoms with Crippen molar-refractivity contribution in [2.75, 3.05) is 10.6 Å². The molecule has 6 heteroatoms. The summed E-state index contributed by atoms with van der Waals surface area (Å²) in [4.78, 5) is 22.5. The fourth-order valence-electron chi connectivity index (χ4n) is 1.84. The van der Waals surface area contributed by atoms with Crippen LogP contribution in [0.2, 0.25) is 0 Å². The molecule has 0 saturated heterocycles. The first-order valence-corrected chi connectivity index (χ1v) is 7.11. The maximum absolute atomic E-state index is 11.7. The standard InChI is InChI=1S/C17H18N2O4/c1-12(16(20)21)18-14-7-9-15(10-8-14)19-17(22)23-11-13-5-3-2-4-6-13/h2-10,12,18H,11H2,1H3,(H,19,22)(H,20,21)/t12-/m0/s1. The number of rotatable bonds is 6. The van der Waals surface area contributed by atoms with E-state index in [1.807, 2.05) is 30.3 Å². The van der Waals surface area contributed by atoms with Crippen molar-refractivity contribution in [3.63, 3.8) is 0 Å². The Kier molecular flexibility index (Phi) is 5.57. The van der Waals surface area contributed by atoms with Crippen molar-refractivity contribution >= 4 is 23.4 Å². The molecule has 23 heavy (non-hydrogen) atoms. The lowest BCUT2D eigenvalue weighted by molar-refractivity contribution is -0.137. The first kappa shape index (κ1) is 16.4. The van der Waals surface area contributed by atoms with Crippen LogP contribution in [0, 0.1) is 0 Å². The summed E-state index contributed by atoms with van der Waals surface area (Å²) >= 11 is 0. The molecule has 0 aliphatic rings. The molecule has 0 fully saturated rings. The predicted molar refractivity (Wildman–Crippen MR) is 87.4 cm³/mol. The van der Waals surface area contributed by atoms with Crippen molar-refractivity contribution < 1.29 is 19.4 Å². The monoisotopic (exact) mass is 314 g/mol. The van der Waals surface area contributed by atoms with E-state index in [9.17, 15) is 9.59 Å². The molecule has 2 aromatic rings. The lowest BCUT2D eigenvalue weighted by Crippen LogP contribution is -2.25. The number of ether oxygens (including phenoxy) is 1. The van der Waals surface area contributed by atoms with Gasteiger partial charge in [0, 0.05) is 11.4 Å². The van der Waals surface area contributed by atoms with Crippen molar-refractivity contribution in [2.24, 2.45) is 0 Å². The van der Waals surface area contributed by atoms with Gasteiger partial charge in [0.15, 0.2) is 0 Å². The molecule has 0 saturated carbocycles. The minimum atomic E-state index is -0.934. The number of carbonyl (C=O) groups excluding carboxylic acids is 1. The Bertz CT molecular complexity index is 656. The van der Waals surface area contributed by atoms with Gasteiger partial charge >= 0.3 is 12.1 Å². The van der Waals surface area contributed by atoms with E-state index < -0.39 is 18.1 Å². The van der Waals surface area contributed by atoms with Gasteiger partial charge in [-0.1, -0.05) is 30.3 Å². The van der Waals surface area contributed by atoms with Gasteiger partial charge in [0.1, 0.15) is 12.6 Å². The molecule has 0 aliphatic heterocycles. The number of benzene rings is 2. The van der Waals surface area contributed by atoms with E-state index in [2.05, 4.69) is 10.6 Å². The smallest absolute Gasteiger partial charge is 0.411 e. The Balaban J connectivity index is 1.83. The highest BCUT2D eigenvalue weighted by molar-refractivity contribution is 5.85. The number of carboxylic acid groups (broad SMARTS) is 1. The summed E-state index contributed by atoms with van der Waals surface area (Å²) in [6, 6.07) is 15.4. The van der Waals surface area contributed by atoms with Crippen molar-refractivity contribution in [1.82, 2.24) is 0 Å². The van der Waals surface area contributed by atoms with Crippen LogP contribution in [0.3, 0.4) is 0 Å². The molecule has 0 aromatic heterocycles. The van der Waals surface area contributed by atoms with Crippen molar-refractivity contribution in [3.05, 3.63) is 60.2 Å². The highest BCUT2D eigenvalue weighted by Crippen LogP contribution is 2.15. The quantitative estimate of drug-likeness (QED) is 0.761. The molecule has 1 amide bonds. The fraction of sp³-hybridized carbons (Fsp3) is 0.176. The highest BCUT2D eigenvalue weighted by atomic mass is 16.5. The summed E-state index contributed by atoms with van der Waals surface area (Å²) in [6.45, 7) is 1.75. The number of amides is 1. The van der Waals surface area contributed by atoms with E-state index in [4.69, 9.17) is 9.84 Å². The molecule has 3 N–H and O–H groups in total. The van der Waals surface area contributed by atoms with Crippen molar-refractivity contribution in [3.8, 4) is 0 Å². The summed E-state index contributed by atoms with van der Waals surface area (Å²) in [5, 5.41) is 14.3. The zero-order chi connectivity index (χ0) is 16.7. The number of anilines is 2. The summed E-state index contributed by atoms with van der Waals surface area (Å²) in [6.07, 6.45) is -0.548. The maximum atomic E-state index is 11.7. The van der Waals surface area contributed by atoms with Crippen LogP contribution in [0.4, 0.5) is 16.2 Å². The SMILES string of the molecule is C[C@H](Nc1ccc(NC(=O)OCc2ccccc2)cc1)C(=O)O. The van der Waals surface area contributed by atoms with Crippen molar-refractivity contribution in [2.45, 2.75) is 19.6 Å². The first-order valence-electron chi connectivity index (χ1n) is 7.11. The molecule has 2 aromatic carbocycles. The Morgan fingerprint density at radius 2 is 1.65 bits per heavy atom. The van der Waals surface area contributed by atoms with Crippen LogP contribution in [-0.4, -0.2) is 23.2 Å². The van der Waals surface area contributed by atoms with Crippen LogP contribution in [0.15, 0.2) is 54.6 Å². The maximum Gasteiger partial charge on any atom is 0.411 e. The number of aliphatic carboxylic acids is 1. The topological polar surface area (TPSA) is 87.7 Å². The Morgan fingerprint density at radius 1 is 1.04 bits per heavy atom. The van der Waals surface area contributed by atoms with Crippen LogP contribution in [0.25, 0.3) is 0 Å².